The van der Waals surface area contributed by atoms with Crippen molar-refractivity contribution in [1.29, 1.82) is 0 Å². The van der Waals surface area contributed by atoms with Gasteiger partial charge in [-0.15, -0.1) is 0 Å². The fourth-order valence-corrected chi connectivity index (χ4v) is 6.57. The van der Waals surface area contributed by atoms with E-state index in [1.165, 1.54) is 49.9 Å². The fourth-order valence-electron chi connectivity index (χ4n) is 5.17. The quantitative estimate of drug-likeness (QED) is 0.538. The van der Waals surface area contributed by atoms with Crippen molar-refractivity contribution in [3.63, 3.8) is 0 Å². The third kappa shape index (κ3) is 4.33. The van der Waals surface area contributed by atoms with Crippen LogP contribution in [0.4, 0.5) is 8.78 Å². The first-order chi connectivity index (χ1) is 14.9. The Bertz CT molecular complexity index is 1030. The first-order valence-corrected chi connectivity index (χ1v) is 11.9. The van der Waals surface area contributed by atoms with Gasteiger partial charge in [0, 0.05) is 59.6 Å². The highest BCUT2D eigenvalue weighted by Crippen LogP contribution is 2.35. The van der Waals surface area contributed by atoms with Crippen LogP contribution in [0.5, 0.6) is 0 Å². The van der Waals surface area contributed by atoms with Gasteiger partial charge in [0.15, 0.2) is 0 Å². The summed E-state index contributed by atoms with van der Waals surface area (Å²) in [4.78, 5) is 0. The maximum Gasteiger partial charge on any atom is 0.123 e. The zero-order chi connectivity index (χ0) is 21.6. The molecule has 2 aliphatic rings. The molecule has 2 fully saturated rings. The molecular formula is C24H29F2N3OS. The van der Waals surface area contributed by atoms with Crippen LogP contribution in [0.25, 0.3) is 21.8 Å². The third-order valence-electron chi connectivity index (χ3n) is 6.54. The Hall–Kier alpha value is -1.67. The molecule has 166 valence electrons. The van der Waals surface area contributed by atoms with Gasteiger partial charge in [0.1, 0.15) is 11.6 Å². The molecule has 1 N–H and O–H groups in total. The maximum atomic E-state index is 13.9. The third-order valence-corrected chi connectivity index (χ3v) is 7.78. The number of fused-ring (bicyclic) bond motifs is 3. The first kappa shape index (κ1) is 21.2. The van der Waals surface area contributed by atoms with E-state index in [2.05, 4.69) is 8.61 Å². The number of halogens is 2. The number of hydrogen-bond acceptors (Lipinski definition) is 4. The largest absolute Gasteiger partial charge is 0.387 e. The molecule has 1 saturated carbocycles. The van der Waals surface area contributed by atoms with Gasteiger partial charge in [-0.1, -0.05) is 12.8 Å². The highest BCUT2D eigenvalue weighted by molar-refractivity contribution is 7.94. The number of aliphatic hydroxyl groups is 1. The lowest BCUT2D eigenvalue weighted by molar-refractivity contribution is 0.0253. The molecule has 3 aromatic rings. The van der Waals surface area contributed by atoms with E-state index in [0.717, 1.165) is 30.5 Å². The summed E-state index contributed by atoms with van der Waals surface area (Å²) in [5, 5.41) is 12.7. The van der Waals surface area contributed by atoms with Gasteiger partial charge in [0.05, 0.1) is 12.1 Å². The lowest BCUT2D eigenvalue weighted by Gasteiger charge is -2.40. The SMILES string of the molecule is CC(O)(CN1CCCN(C2CCCC2)S1)Cn1c2ccc(F)cc2c2cc(F)ccc21. The van der Waals surface area contributed by atoms with E-state index in [-0.39, 0.29) is 11.6 Å². The zero-order valence-electron chi connectivity index (χ0n) is 17.9. The Balaban J connectivity index is 1.40. The van der Waals surface area contributed by atoms with Gasteiger partial charge in [-0.25, -0.2) is 17.4 Å². The molecule has 31 heavy (non-hydrogen) atoms. The Morgan fingerprint density at radius 3 is 2.16 bits per heavy atom. The topological polar surface area (TPSA) is 31.6 Å². The van der Waals surface area contributed by atoms with E-state index in [4.69, 9.17) is 0 Å². The average molecular weight is 446 g/mol. The molecule has 1 saturated heterocycles. The predicted octanol–water partition coefficient (Wildman–Crippen LogP) is 5.34. The van der Waals surface area contributed by atoms with E-state index < -0.39 is 5.60 Å². The summed E-state index contributed by atoms with van der Waals surface area (Å²) in [5.74, 6) is -0.696. The molecule has 5 rings (SSSR count). The summed E-state index contributed by atoms with van der Waals surface area (Å²) in [6.07, 6.45) is 6.27. The summed E-state index contributed by atoms with van der Waals surface area (Å²) < 4.78 is 34.6. The minimum atomic E-state index is -0.993. The number of β-amino-alcohol motifs (C(OH)–C–C–N with tert-alkyl or cyclic N) is 1. The number of benzene rings is 2. The summed E-state index contributed by atoms with van der Waals surface area (Å²) in [7, 11) is 0. The Morgan fingerprint density at radius 1 is 0.935 bits per heavy atom. The second-order valence-electron chi connectivity index (χ2n) is 9.28. The minimum Gasteiger partial charge on any atom is -0.387 e. The Morgan fingerprint density at radius 2 is 1.55 bits per heavy atom. The van der Waals surface area contributed by atoms with Crippen LogP contribution >= 0.6 is 12.1 Å². The van der Waals surface area contributed by atoms with Crippen LogP contribution in [0.1, 0.15) is 39.0 Å². The van der Waals surface area contributed by atoms with Gasteiger partial charge >= 0.3 is 0 Å². The van der Waals surface area contributed by atoms with Gasteiger partial charge in [0.2, 0.25) is 0 Å². The standard InChI is InChI=1S/C24H29F2N3OS/c1-24(30,15-27-11-4-12-29(31-27)19-5-2-3-6-19)16-28-22-9-7-17(25)13-20(22)21-14-18(26)8-10-23(21)28/h7-10,13-14,19,30H,2-6,11-12,15-16H2,1H3. The molecule has 0 radical (unpaired) electrons. The smallest absolute Gasteiger partial charge is 0.123 e. The average Bonchev–Trinajstić information content (AvgIpc) is 3.35. The van der Waals surface area contributed by atoms with E-state index in [0.29, 0.717) is 29.9 Å². The van der Waals surface area contributed by atoms with Gasteiger partial charge in [-0.3, -0.25) is 0 Å². The Kier molecular flexibility index (Phi) is 5.71. The number of aromatic nitrogens is 1. The van der Waals surface area contributed by atoms with Crippen molar-refractivity contribution in [1.82, 2.24) is 13.2 Å². The molecule has 1 aliphatic carbocycles. The highest BCUT2D eigenvalue weighted by Gasteiger charge is 2.32. The van der Waals surface area contributed by atoms with E-state index in [9.17, 15) is 13.9 Å². The highest BCUT2D eigenvalue weighted by atomic mass is 32.2. The number of hydrogen-bond donors (Lipinski definition) is 1. The predicted molar refractivity (Wildman–Crippen MR) is 123 cm³/mol. The fraction of sp³-hybridized carbons (Fsp3) is 0.500. The summed E-state index contributed by atoms with van der Waals surface area (Å²) >= 11 is 1.78. The maximum absolute atomic E-state index is 13.9. The van der Waals surface area contributed by atoms with Crippen LogP contribution in [-0.2, 0) is 6.54 Å². The number of rotatable bonds is 5. The van der Waals surface area contributed by atoms with Crippen LogP contribution in [0, 0.1) is 11.6 Å². The summed E-state index contributed by atoms with van der Waals surface area (Å²) in [5.41, 5.74) is 0.621. The number of nitrogens with zero attached hydrogens (tertiary/aromatic N) is 3. The molecule has 0 spiro atoms. The first-order valence-electron chi connectivity index (χ1n) is 11.2. The molecule has 1 unspecified atom stereocenters. The van der Waals surface area contributed by atoms with E-state index in [1.807, 2.05) is 11.5 Å². The monoisotopic (exact) mass is 445 g/mol. The molecule has 2 aromatic carbocycles. The van der Waals surface area contributed by atoms with Crippen molar-refractivity contribution in [2.45, 2.75) is 57.2 Å². The van der Waals surface area contributed by atoms with E-state index >= 15 is 0 Å². The molecule has 4 nitrogen and oxygen atoms in total. The second-order valence-corrected chi connectivity index (χ2v) is 10.4. The van der Waals surface area contributed by atoms with Crippen molar-refractivity contribution < 1.29 is 13.9 Å². The van der Waals surface area contributed by atoms with Crippen LogP contribution in [0.15, 0.2) is 36.4 Å². The zero-order valence-corrected chi connectivity index (χ0v) is 18.7. The van der Waals surface area contributed by atoms with Crippen LogP contribution in [-0.4, -0.2) is 49.6 Å². The van der Waals surface area contributed by atoms with Crippen LogP contribution in [0.3, 0.4) is 0 Å². The molecular weight excluding hydrogens is 416 g/mol. The van der Waals surface area contributed by atoms with Crippen LogP contribution in [0.2, 0.25) is 0 Å². The van der Waals surface area contributed by atoms with Crippen molar-refractivity contribution in [3.05, 3.63) is 48.0 Å². The molecule has 0 bridgehead atoms. The molecule has 1 atom stereocenters. The van der Waals surface area contributed by atoms with Crippen molar-refractivity contribution in [2.24, 2.45) is 0 Å². The molecule has 2 heterocycles. The van der Waals surface area contributed by atoms with Gasteiger partial charge in [-0.2, -0.15) is 0 Å². The normalized spacial score (nSPS) is 21.3. The summed E-state index contributed by atoms with van der Waals surface area (Å²) in [6, 6.07) is 9.82. The Labute approximate surface area is 186 Å². The molecule has 7 heteroatoms. The van der Waals surface area contributed by atoms with Crippen molar-refractivity contribution >= 4 is 33.9 Å². The van der Waals surface area contributed by atoms with Crippen LogP contribution < -0.4 is 0 Å². The summed E-state index contributed by atoms with van der Waals surface area (Å²) in [6.45, 7) is 4.80. The lowest BCUT2D eigenvalue weighted by Crippen LogP contribution is -2.46. The van der Waals surface area contributed by atoms with Gasteiger partial charge in [0.25, 0.3) is 0 Å². The molecule has 0 amide bonds. The lowest BCUT2D eigenvalue weighted by atomic mass is 10.1. The van der Waals surface area contributed by atoms with Crippen molar-refractivity contribution in [2.75, 3.05) is 19.6 Å². The van der Waals surface area contributed by atoms with E-state index in [1.54, 1.807) is 24.3 Å². The minimum absolute atomic E-state index is 0.348. The molecule has 1 aromatic heterocycles. The molecule has 1 aliphatic heterocycles. The van der Waals surface area contributed by atoms with Gasteiger partial charge < -0.3 is 9.67 Å². The second kappa shape index (κ2) is 8.35. The van der Waals surface area contributed by atoms with Gasteiger partial charge in [-0.05, 0) is 62.6 Å². The van der Waals surface area contributed by atoms with Crippen molar-refractivity contribution in [3.8, 4) is 0 Å².